The molecule has 0 saturated heterocycles. The number of ether oxygens (including phenoxy) is 1. The minimum absolute atomic E-state index is 0.0399. The van der Waals surface area contributed by atoms with Gasteiger partial charge in [-0.3, -0.25) is 4.79 Å². The maximum Gasteiger partial charge on any atom is 0.302 e. The summed E-state index contributed by atoms with van der Waals surface area (Å²) in [4.78, 5) is 12.5. The number of para-hydroxylation sites is 2. The van der Waals surface area contributed by atoms with Gasteiger partial charge in [0.1, 0.15) is 5.75 Å². The normalized spacial score (nSPS) is 11.2. The molecule has 0 aliphatic heterocycles. The Balaban J connectivity index is 1.35. The molecule has 0 radical (unpaired) electrons. The van der Waals surface area contributed by atoms with Gasteiger partial charge in [-0.05, 0) is 23.3 Å². The summed E-state index contributed by atoms with van der Waals surface area (Å²) in [6.45, 7) is 0.201. The third-order valence-electron chi connectivity index (χ3n) is 5.69. The summed E-state index contributed by atoms with van der Waals surface area (Å²) >= 11 is 0. The van der Waals surface area contributed by atoms with Gasteiger partial charge in [0, 0.05) is 10.9 Å². The van der Waals surface area contributed by atoms with E-state index in [1.54, 1.807) is 4.57 Å². The maximum absolute atomic E-state index is 12.5. The number of rotatable bonds is 7. The van der Waals surface area contributed by atoms with Crippen molar-refractivity contribution in [2.24, 2.45) is 10.2 Å². The molecule has 35 heavy (non-hydrogen) atoms. The van der Waals surface area contributed by atoms with E-state index in [0.717, 1.165) is 22.2 Å². The molecular weight excluding hydrogens is 438 g/mol. The van der Waals surface area contributed by atoms with E-state index in [1.165, 1.54) is 0 Å². The predicted molar refractivity (Wildman–Crippen MR) is 136 cm³/mol. The van der Waals surface area contributed by atoms with Gasteiger partial charge in [-0.15, -0.1) is 10.2 Å². The first-order valence-electron chi connectivity index (χ1n) is 11.3. The third-order valence-corrected chi connectivity index (χ3v) is 5.69. The lowest BCUT2D eigenvalue weighted by Gasteiger charge is -2.10. The lowest BCUT2D eigenvalue weighted by molar-refractivity contribution is -0.120. The number of fused-ring (bicyclic) bond motifs is 1. The molecule has 0 fully saturated rings. The Bertz CT molecular complexity index is 1490. The molecule has 5 rings (SSSR count). The molecule has 0 atom stereocenters. The zero-order valence-electron chi connectivity index (χ0n) is 18.9. The third kappa shape index (κ3) is 4.82. The minimum atomic E-state index is -0.549. The highest BCUT2D eigenvalue weighted by atomic mass is 16.5. The lowest BCUT2D eigenvalue weighted by Crippen LogP contribution is -2.08. The van der Waals surface area contributed by atoms with E-state index >= 15 is 0 Å². The van der Waals surface area contributed by atoms with E-state index in [0.29, 0.717) is 17.7 Å². The van der Waals surface area contributed by atoms with Gasteiger partial charge >= 0.3 is 5.91 Å². The highest BCUT2D eigenvalue weighted by Gasteiger charge is 2.17. The molecule has 0 unspecified atom stereocenters. The van der Waals surface area contributed by atoms with Gasteiger partial charge in [0.05, 0.1) is 12.1 Å². The molecule has 5 aromatic rings. The number of aromatic hydroxyl groups is 1. The number of carbonyl (C=O) groups is 1. The molecule has 1 aromatic heterocycles. The summed E-state index contributed by atoms with van der Waals surface area (Å²) in [5.41, 5.74) is 3.99. The monoisotopic (exact) mass is 461 g/mol. The number of benzene rings is 4. The lowest BCUT2D eigenvalue weighted by atomic mass is 10.1. The van der Waals surface area contributed by atoms with Crippen LogP contribution in [0.15, 0.2) is 119 Å². The molecule has 6 nitrogen and oxygen atoms in total. The van der Waals surface area contributed by atoms with E-state index < -0.39 is 5.91 Å². The quantitative estimate of drug-likeness (QED) is 0.272. The molecule has 0 saturated carbocycles. The highest BCUT2D eigenvalue weighted by Crippen LogP contribution is 2.39. The standard InChI is InChI=1S/C29H23N3O3/c33-27(20-35-26-18-10-8-15-23(26)22-13-5-2-6-14-22)30-31-28-24-16-7-9-17-25(24)32(29(28)34)19-21-11-3-1-4-12-21/h1-18,34H,19-20H2. The van der Waals surface area contributed by atoms with E-state index in [-0.39, 0.29) is 18.2 Å². The van der Waals surface area contributed by atoms with Crippen molar-refractivity contribution in [2.45, 2.75) is 6.54 Å². The smallest absolute Gasteiger partial charge is 0.302 e. The summed E-state index contributed by atoms with van der Waals surface area (Å²) < 4.78 is 7.53. The van der Waals surface area contributed by atoms with E-state index in [9.17, 15) is 9.90 Å². The van der Waals surface area contributed by atoms with Gasteiger partial charge in [0.2, 0.25) is 5.88 Å². The Morgan fingerprint density at radius 2 is 1.46 bits per heavy atom. The molecule has 1 N–H and O–H groups in total. The minimum Gasteiger partial charge on any atom is -0.493 e. The zero-order valence-corrected chi connectivity index (χ0v) is 18.9. The topological polar surface area (TPSA) is 76.2 Å². The van der Waals surface area contributed by atoms with Crippen LogP contribution in [0.5, 0.6) is 11.6 Å². The van der Waals surface area contributed by atoms with Crippen molar-refractivity contribution in [1.82, 2.24) is 4.57 Å². The number of aromatic nitrogens is 1. The second-order valence-electron chi connectivity index (χ2n) is 8.01. The number of hydrogen-bond acceptors (Lipinski definition) is 4. The van der Waals surface area contributed by atoms with E-state index in [1.807, 2.05) is 109 Å². The Morgan fingerprint density at radius 1 is 0.800 bits per heavy atom. The molecule has 1 amide bonds. The molecule has 4 aromatic carbocycles. The van der Waals surface area contributed by atoms with Crippen LogP contribution >= 0.6 is 0 Å². The van der Waals surface area contributed by atoms with Crippen LogP contribution in [0, 0.1) is 0 Å². The van der Waals surface area contributed by atoms with Crippen LogP contribution in [0.2, 0.25) is 0 Å². The Labute approximate surface area is 202 Å². The van der Waals surface area contributed by atoms with Crippen LogP contribution in [0.1, 0.15) is 5.56 Å². The van der Waals surface area contributed by atoms with Gasteiger partial charge in [0.25, 0.3) is 0 Å². The largest absolute Gasteiger partial charge is 0.493 e. The molecule has 1 heterocycles. The fraction of sp³-hybridized carbons (Fsp3) is 0.0690. The van der Waals surface area contributed by atoms with Crippen LogP contribution in [0.25, 0.3) is 22.0 Å². The predicted octanol–water partition coefficient (Wildman–Crippen LogP) is 6.75. The first kappa shape index (κ1) is 22.1. The second kappa shape index (κ2) is 10.1. The van der Waals surface area contributed by atoms with Crippen molar-refractivity contribution in [3.63, 3.8) is 0 Å². The Hall–Kier alpha value is -4.71. The number of amides is 1. The highest BCUT2D eigenvalue weighted by molar-refractivity contribution is 5.95. The van der Waals surface area contributed by atoms with Gasteiger partial charge in [0.15, 0.2) is 12.3 Å². The number of hydrogen-bond donors (Lipinski definition) is 1. The Morgan fingerprint density at radius 3 is 2.26 bits per heavy atom. The zero-order chi connectivity index (χ0) is 24.0. The van der Waals surface area contributed by atoms with Crippen molar-refractivity contribution in [2.75, 3.05) is 6.61 Å². The molecule has 172 valence electrons. The van der Waals surface area contributed by atoms with Crippen molar-refractivity contribution in [1.29, 1.82) is 0 Å². The fourth-order valence-corrected chi connectivity index (χ4v) is 4.02. The van der Waals surface area contributed by atoms with Crippen LogP contribution < -0.4 is 4.74 Å². The average molecular weight is 462 g/mol. The number of carbonyl (C=O) groups excluding carboxylic acids is 1. The van der Waals surface area contributed by atoms with Gasteiger partial charge in [-0.25, -0.2) is 0 Å². The summed E-state index contributed by atoms with van der Waals surface area (Å²) in [5.74, 6) is -0.00124. The van der Waals surface area contributed by atoms with Crippen LogP contribution in [-0.2, 0) is 11.3 Å². The SMILES string of the molecule is O=C(COc1ccccc1-c1ccccc1)N=Nc1c(O)n(Cc2ccccc2)c2ccccc12. The Kier molecular flexibility index (Phi) is 6.35. The molecule has 0 aliphatic carbocycles. The first-order valence-corrected chi connectivity index (χ1v) is 11.3. The number of nitrogens with zero attached hydrogens (tertiary/aromatic N) is 3. The van der Waals surface area contributed by atoms with Crippen molar-refractivity contribution >= 4 is 22.5 Å². The van der Waals surface area contributed by atoms with Crippen LogP contribution in [0.4, 0.5) is 5.69 Å². The first-order chi connectivity index (χ1) is 17.2. The summed E-state index contributed by atoms with van der Waals surface area (Å²) in [6.07, 6.45) is 0. The average Bonchev–Trinajstić information content (AvgIpc) is 3.18. The summed E-state index contributed by atoms with van der Waals surface area (Å²) in [5, 5.41) is 19.6. The molecular formula is C29H23N3O3. The molecule has 6 heteroatoms. The van der Waals surface area contributed by atoms with Crippen LogP contribution in [-0.4, -0.2) is 22.2 Å². The summed E-state index contributed by atoms with van der Waals surface area (Å²) in [6, 6.07) is 34.7. The van der Waals surface area contributed by atoms with E-state index in [2.05, 4.69) is 10.2 Å². The maximum atomic E-state index is 12.5. The van der Waals surface area contributed by atoms with Gasteiger partial charge < -0.3 is 14.4 Å². The molecule has 0 aliphatic rings. The van der Waals surface area contributed by atoms with Gasteiger partial charge in [-0.1, -0.05) is 97.1 Å². The van der Waals surface area contributed by atoms with Crippen molar-refractivity contribution in [3.05, 3.63) is 115 Å². The number of azo groups is 1. The van der Waals surface area contributed by atoms with E-state index in [4.69, 9.17) is 4.74 Å². The summed E-state index contributed by atoms with van der Waals surface area (Å²) in [7, 11) is 0. The molecule has 0 spiro atoms. The second-order valence-corrected chi connectivity index (χ2v) is 8.01. The van der Waals surface area contributed by atoms with Crippen LogP contribution in [0.3, 0.4) is 0 Å². The van der Waals surface area contributed by atoms with Crippen molar-refractivity contribution in [3.8, 4) is 22.8 Å². The molecule has 0 bridgehead atoms. The van der Waals surface area contributed by atoms with Gasteiger partial charge in [-0.2, -0.15) is 0 Å². The fourth-order valence-electron chi connectivity index (χ4n) is 4.02. The van der Waals surface area contributed by atoms with Crippen molar-refractivity contribution < 1.29 is 14.6 Å².